The molecule has 1 saturated carbocycles. The van der Waals surface area contributed by atoms with Gasteiger partial charge in [0.15, 0.2) is 0 Å². The van der Waals surface area contributed by atoms with Crippen molar-refractivity contribution in [2.75, 3.05) is 0 Å². The van der Waals surface area contributed by atoms with Gasteiger partial charge in [-0.25, -0.2) is 4.79 Å². The highest BCUT2D eigenvalue weighted by atomic mass is 16.6. The van der Waals surface area contributed by atoms with E-state index in [0.29, 0.717) is 11.8 Å². The summed E-state index contributed by atoms with van der Waals surface area (Å²) >= 11 is 0. The lowest BCUT2D eigenvalue weighted by atomic mass is 9.70. The second kappa shape index (κ2) is 5.25. The monoisotopic (exact) mass is 243 g/mol. The van der Waals surface area contributed by atoms with Gasteiger partial charge < -0.3 is 15.2 Å². The maximum Gasteiger partial charge on any atom is 0.407 e. The van der Waals surface area contributed by atoms with Crippen molar-refractivity contribution in [2.45, 2.75) is 65.2 Å². The van der Waals surface area contributed by atoms with E-state index in [0.717, 1.165) is 6.42 Å². The van der Waals surface area contributed by atoms with Crippen molar-refractivity contribution in [1.29, 1.82) is 0 Å². The van der Waals surface area contributed by atoms with Gasteiger partial charge >= 0.3 is 6.09 Å². The highest BCUT2D eigenvalue weighted by molar-refractivity contribution is 5.68. The van der Waals surface area contributed by atoms with Crippen LogP contribution in [0.5, 0.6) is 0 Å². The van der Waals surface area contributed by atoms with E-state index < -0.39 is 17.8 Å². The van der Waals surface area contributed by atoms with Crippen LogP contribution in [0.4, 0.5) is 4.79 Å². The number of aliphatic hydroxyl groups excluding tert-OH is 1. The molecule has 0 spiro atoms. The molecule has 1 amide bonds. The van der Waals surface area contributed by atoms with Crippen LogP contribution < -0.4 is 5.32 Å². The van der Waals surface area contributed by atoms with E-state index in [1.807, 2.05) is 27.7 Å². The van der Waals surface area contributed by atoms with E-state index in [2.05, 4.69) is 12.2 Å². The predicted molar refractivity (Wildman–Crippen MR) is 66.7 cm³/mol. The number of amides is 1. The quantitative estimate of drug-likeness (QED) is 0.799. The van der Waals surface area contributed by atoms with Crippen LogP contribution in [0.2, 0.25) is 0 Å². The SMILES string of the molecule is CC1CCC1C(O)[C@H](C)NC(=O)OC(C)(C)C. The summed E-state index contributed by atoms with van der Waals surface area (Å²) < 4.78 is 5.16. The zero-order valence-electron chi connectivity index (χ0n) is 11.5. The molecular formula is C13H25NO3. The Morgan fingerprint density at radius 1 is 1.41 bits per heavy atom. The number of alkyl carbamates (subject to hydrolysis) is 1. The molecule has 4 heteroatoms. The van der Waals surface area contributed by atoms with Crippen molar-refractivity contribution in [2.24, 2.45) is 11.8 Å². The Morgan fingerprint density at radius 2 is 2.00 bits per heavy atom. The lowest BCUT2D eigenvalue weighted by molar-refractivity contribution is -0.00600. The summed E-state index contributed by atoms with van der Waals surface area (Å²) in [5, 5.41) is 12.8. The first-order valence-electron chi connectivity index (χ1n) is 6.38. The summed E-state index contributed by atoms with van der Waals surface area (Å²) in [4.78, 5) is 11.5. The van der Waals surface area contributed by atoms with Gasteiger partial charge in [-0.1, -0.05) is 6.92 Å². The Kier molecular flexibility index (Phi) is 4.42. The molecule has 0 aromatic heterocycles. The summed E-state index contributed by atoms with van der Waals surface area (Å²) in [6.45, 7) is 9.42. The first-order valence-corrected chi connectivity index (χ1v) is 6.38. The van der Waals surface area contributed by atoms with Gasteiger partial charge in [-0.05, 0) is 52.4 Å². The summed E-state index contributed by atoms with van der Waals surface area (Å²) in [5.41, 5.74) is -0.501. The van der Waals surface area contributed by atoms with Crippen LogP contribution in [0, 0.1) is 11.8 Å². The fourth-order valence-corrected chi connectivity index (χ4v) is 2.15. The molecule has 1 aliphatic rings. The number of carbonyl (C=O) groups is 1. The Balaban J connectivity index is 2.38. The van der Waals surface area contributed by atoms with Crippen molar-refractivity contribution in [3.63, 3.8) is 0 Å². The highest BCUT2D eigenvalue weighted by Gasteiger charge is 2.36. The van der Waals surface area contributed by atoms with Crippen LogP contribution in [-0.2, 0) is 4.74 Å². The molecule has 0 saturated heterocycles. The number of carbonyl (C=O) groups excluding carboxylic acids is 1. The van der Waals surface area contributed by atoms with Gasteiger partial charge in [0.05, 0.1) is 12.1 Å². The molecular weight excluding hydrogens is 218 g/mol. The van der Waals surface area contributed by atoms with Crippen molar-refractivity contribution in [3.05, 3.63) is 0 Å². The van der Waals surface area contributed by atoms with Gasteiger partial charge in [-0.3, -0.25) is 0 Å². The van der Waals surface area contributed by atoms with E-state index in [1.54, 1.807) is 0 Å². The predicted octanol–water partition coefficient (Wildman–Crippen LogP) is 2.31. The lowest BCUT2D eigenvalue weighted by Crippen LogP contribution is -2.49. The number of hydrogen-bond acceptors (Lipinski definition) is 3. The third kappa shape index (κ3) is 4.19. The number of ether oxygens (including phenoxy) is 1. The molecule has 0 radical (unpaired) electrons. The fraction of sp³-hybridized carbons (Fsp3) is 0.923. The van der Waals surface area contributed by atoms with Gasteiger partial charge in [0.2, 0.25) is 0 Å². The molecule has 0 bridgehead atoms. The van der Waals surface area contributed by atoms with E-state index in [9.17, 15) is 9.90 Å². The molecule has 4 nitrogen and oxygen atoms in total. The summed E-state index contributed by atoms with van der Waals surface area (Å²) in [5.74, 6) is 0.854. The minimum Gasteiger partial charge on any atom is -0.444 e. The minimum absolute atomic E-state index is 0.266. The van der Waals surface area contributed by atoms with Gasteiger partial charge in [-0.15, -0.1) is 0 Å². The van der Waals surface area contributed by atoms with Crippen LogP contribution in [0.15, 0.2) is 0 Å². The zero-order valence-corrected chi connectivity index (χ0v) is 11.5. The van der Waals surface area contributed by atoms with E-state index >= 15 is 0 Å². The number of nitrogens with one attached hydrogen (secondary N) is 1. The Morgan fingerprint density at radius 3 is 2.35 bits per heavy atom. The second-order valence-corrected chi connectivity index (χ2v) is 6.14. The molecule has 1 aliphatic carbocycles. The van der Waals surface area contributed by atoms with Crippen LogP contribution in [0.1, 0.15) is 47.5 Å². The average Bonchev–Trinajstić information content (AvgIpc) is 2.12. The molecule has 2 N–H and O–H groups in total. The molecule has 1 rings (SSSR count). The van der Waals surface area contributed by atoms with Gasteiger partial charge in [0.1, 0.15) is 5.60 Å². The third-order valence-electron chi connectivity index (χ3n) is 3.38. The summed E-state index contributed by atoms with van der Waals surface area (Å²) in [7, 11) is 0. The number of hydrogen-bond donors (Lipinski definition) is 2. The smallest absolute Gasteiger partial charge is 0.407 e. The van der Waals surface area contributed by atoms with Crippen LogP contribution in [-0.4, -0.2) is 28.9 Å². The van der Waals surface area contributed by atoms with Gasteiger partial charge in [0, 0.05) is 0 Å². The van der Waals surface area contributed by atoms with Gasteiger partial charge in [-0.2, -0.15) is 0 Å². The molecule has 0 aromatic rings. The van der Waals surface area contributed by atoms with Crippen molar-refractivity contribution >= 4 is 6.09 Å². The Labute approximate surface area is 104 Å². The summed E-state index contributed by atoms with van der Waals surface area (Å²) in [6.07, 6.45) is 1.27. The normalized spacial score (nSPS) is 27.9. The standard InChI is InChI=1S/C13H25NO3/c1-8-6-7-10(8)11(15)9(2)14-12(16)17-13(3,4)5/h8-11,15H,6-7H2,1-5H3,(H,14,16)/t8?,9-,10?,11?/m0/s1. The van der Waals surface area contributed by atoms with E-state index in [1.165, 1.54) is 6.42 Å². The first kappa shape index (κ1) is 14.3. The maximum atomic E-state index is 11.5. The zero-order chi connectivity index (χ0) is 13.2. The number of aliphatic hydroxyl groups is 1. The topological polar surface area (TPSA) is 58.6 Å². The minimum atomic E-state index is -0.501. The molecule has 0 heterocycles. The van der Waals surface area contributed by atoms with Gasteiger partial charge in [0.25, 0.3) is 0 Å². The highest BCUT2D eigenvalue weighted by Crippen LogP contribution is 2.37. The molecule has 100 valence electrons. The largest absolute Gasteiger partial charge is 0.444 e. The fourth-order valence-electron chi connectivity index (χ4n) is 2.15. The van der Waals surface area contributed by atoms with Crippen molar-refractivity contribution < 1.29 is 14.6 Å². The first-order chi connectivity index (χ1) is 7.70. The second-order valence-electron chi connectivity index (χ2n) is 6.14. The van der Waals surface area contributed by atoms with E-state index in [4.69, 9.17) is 4.74 Å². The van der Waals surface area contributed by atoms with Crippen molar-refractivity contribution in [3.8, 4) is 0 Å². The average molecular weight is 243 g/mol. The molecule has 1 fully saturated rings. The molecule has 3 unspecified atom stereocenters. The van der Waals surface area contributed by atoms with E-state index in [-0.39, 0.29) is 6.04 Å². The molecule has 0 aromatic carbocycles. The molecule has 0 aliphatic heterocycles. The maximum absolute atomic E-state index is 11.5. The Hall–Kier alpha value is -0.770. The van der Waals surface area contributed by atoms with Crippen LogP contribution in [0.3, 0.4) is 0 Å². The van der Waals surface area contributed by atoms with Crippen LogP contribution in [0.25, 0.3) is 0 Å². The number of rotatable bonds is 3. The Bertz CT molecular complexity index is 272. The third-order valence-corrected chi connectivity index (χ3v) is 3.38. The van der Waals surface area contributed by atoms with Crippen LogP contribution >= 0.6 is 0 Å². The molecule has 4 atom stereocenters. The van der Waals surface area contributed by atoms with Crippen molar-refractivity contribution in [1.82, 2.24) is 5.32 Å². The summed E-state index contributed by atoms with van der Waals surface area (Å²) in [6, 6.07) is -0.266. The lowest BCUT2D eigenvalue weighted by Gasteiger charge is -2.40. The molecule has 17 heavy (non-hydrogen) atoms.